The average Bonchev–Trinajstić information content (AvgIpc) is 2.99. The average molecular weight is 266 g/mol. The van der Waals surface area contributed by atoms with Gasteiger partial charge in [-0.3, -0.25) is 9.69 Å². The molecule has 0 spiro atoms. The first-order chi connectivity index (χ1) is 9.31. The van der Waals surface area contributed by atoms with E-state index in [9.17, 15) is 10.1 Å². The Hall–Kier alpha value is -2.38. The fraction of sp³-hybridized carbons (Fsp3) is 0.0667. The summed E-state index contributed by atoms with van der Waals surface area (Å²) < 4.78 is 0. The van der Waals surface area contributed by atoms with Gasteiger partial charge in [0.25, 0.3) is 5.91 Å². The number of rotatable bonds is 1. The van der Waals surface area contributed by atoms with Crippen molar-refractivity contribution in [3.63, 3.8) is 0 Å². The van der Waals surface area contributed by atoms with Crippen molar-refractivity contribution in [1.82, 2.24) is 4.90 Å². The summed E-state index contributed by atoms with van der Waals surface area (Å²) in [7, 11) is 0. The third-order valence-electron chi connectivity index (χ3n) is 3.07. The third kappa shape index (κ3) is 1.94. The lowest BCUT2D eigenvalue weighted by molar-refractivity contribution is 0.0799. The van der Waals surface area contributed by atoms with E-state index in [4.69, 9.17) is 0 Å². The lowest BCUT2D eigenvalue weighted by Gasteiger charge is -2.28. The number of fused-ring (bicyclic) bond motifs is 1. The number of hydrogen-bond donors (Lipinski definition) is 0. The molecule has 92 valence electrons. The van der Waals surface area contributed by atoms with Gasteiger partial charge >= 0.3 is 0 Å². The highest BCUT2D eigenvalue weighted by molar-refractivity contribution is 7.12. The molecular weight excluding hydrogens is 256 g/mol. The van der Waals surface area contributed by atoms with Crippen LogP contribution < -0.4 is 0 Å². The summed E-state index contributed by atoms with van der Waals surface area (Å²) >= 11 is 1.38. The first kappa shape index (κ1) is 11.7. The minimum absolute atomic E-state index is 0.132. The highest BCUT2D eigenvalue weighted by atomic mass is 32.1. The fourth-order valence-electron chi connectivity index (χ4n) is 2.15. The zero-order valence-corrected chi connectivity index (χ0v) is 10.8. The topological polar surface area (TPSA) is 44.1 Å². The number of carbonyl (C=O) groups excluding carboxylic acids is 1. The van der Waals surface area contributed by atoms with Crippen LogP contribution in [-0.2, 0) is 0 Å². The van der Waals surface area contributed by atoms with E-state index in [1.54, 1.807) is 12.3 Å². The maximum Gasteiger partial charge on any atom is 0.269 e. The Labute approximate surface area is 115 Å². The van der Waals surface area contributed by atoms with Crippen molar-refractivity contribution in [3.05, 3.63) is 64.0 Å². The lowest BCUT2D eigenvalue weighted by Crippen LogP contribution is -2.31. The SMILES string of the molecule is N#C[C@@H]1c2ccccc2C=CN1C(=O)c1cccs1. The van der Waals surface area contributed by atoms with Crippen LogP contribution in [0.5, 0.6) is 0 Å². The zero-order chi connectivity index (χ0) is 13.2. The molecule has 2 heterocycles. The highest BCUT2D eigenvalue weighted by Crippen LogP contribution is 2.31. The molecule has 0 fully saturated rings. The molecule has 0 aliphatic carbocycles. The monoisotopic (exact) mass is 266 g/mol. The molecule has 0 N–H and O–H groups in total. The molecular formula is C15H10N2OS. The van der Waals surface area contributed by atoms with E-state index in [1.807, 2.05) is 41.8 Å². The Bertz CT molecular complexity index is 682. The number of thiophene rings is 1. The van der Waals surface area contributed by atoms with Gasteiger partial charge in [-0.1, -0.05) is 30.3 Å². The van der Waals surface area contributed by atoms with Crippen molar-refractivity contribution in [3.8, 4) is 6.07 Å². The van der Waals surface area contributed by atoms with E-state index >= 15 is 0 Å². The van der Waals surface area contributed by atoms with Gasteiger partial charge in [-0.05, 0) is 28.6 Å². The van der Waals surface area contributed by atoms with Crippen LogP contribution in [0.2, 0.25) is 0 Å². The van der Waals surface area contributed by atoms with Crippen LogP contribution in [0.4, 0.5) is 0 Å². The lowest BCUT2D eigenvalue weighted by atomic mass is 9.97. The van der Waals surface area contributed by atoms with E-state index < -0.39 is 6.04 Å². The van der Waals surface area contributed by atoms with Crippen molar-refractivity contribution in [1.29, 1.82) is 5.26 Å². The fourth-order valence-corrected chi connectivity index (χ4v) is 2.82. The van der Waals surface area contributed by atoms with Gasteiger partial charge in [0.1, 0.15) is 6.04 Å². The molecule has 0 radical (unpaired) electrons. The standard InChI is InChI=1S/C15H10N2OS/c16-10-13-12-5-2-1-4-11(12)7-8-17(13)15(18)14-6-3-9-19-14/h1-9,13H/t13-/m1/s1. The van der Waals surface area contributed by atoms with Gasteiger partial charge in [-0.25, -0.2) is 0 Å². The van der Waals surface area contributed by atoms with Crippen LogP contribution in [0.15, 0.2) is 48.0 Å². The molecule has 1 atom stereocenters. The Morgan fingerprint density at radius 3 is 2.84 bits per heavy atom. The van der Waals surface area contributed by atoms with Gasteiger partial charge in [0, 0.05) is 6.20 Å². The first-order valence-electron chi connectivity index (χ1n) is 5.84. The van der Waals surface area contributed by atoms with Crippen LogP contribution in [0.3, 0.4) is 0 Å². The van der Waals surface area contributed by atoms with E-state index in [0.717, 1.165) is 11.1 Å². The van der Waals surface area contributed by atoms with Gasteiger partial charge in [-0.2, -0.15) is 5.26 Å². The number of benzene rings is 1. The molecule has 0 saturated carbocycles. The van der Waals surface area contributed by atoms with Crippen molar-refractivity contribution in [2.24, 2.45) is 0 Å². The molecule has 19 heavy (non-hydrogen) atoms. The van der Waals surface area contributed by atoms with E-state index in [2.05, 4.69) is 6.07 Å². The molecule has 0 saturated heterocycles. The summed E-state index contributed by atoms with van der Waals surface area (Å²) in [5.74, 6) is -0.132. The van der Waals surface area contributed by atoms with Crippen LogP contribution in [-0.4, -0.2) is 10.8 Å². The molecule has 2 aromatic rings. The molecule has 0 unspecified atom stereocenters. The molecule has 3 nitrogen and oxygen atoms in total. The Balaban J connectivity index is 2.02. The summed E-state index contributed by atoms with van der Waals surface area (Å²) in [5, 5.41) is 11.2. The normalized spacial score (nSPS) is 16.8. The van der Waals surface area contributed by atoms with Crippen molar-refractivity contribution >= 4 is 23.3 Å². The van der Waals surface area contributed by atoms with Crippen LogP contribution in [0.1, 0.15) is 26.8 Å². The van der Waals surface area contributed by atoms with E-state index in [0.29, 0.717) is 4.88 Å². The number of hydrogen-bond acceptors (Lipinski definition) is 3. The first-order valence-corrected chi connectivity index (χ1v) is 6.72. The maximum absolute atomic E-state index is 12.4. The van der Waals surface area contributed by atoms with Crippen molar-refractivity contribution in [2.45, 2.75) is 6.04 Å². The number of nitriles is 1. The Kier molecular flexibility index (Phi) is 2.90. The van der Waals surface area contributed by atoms with Gasteiger partial charge in [0.2, 0.25) is 0 Å². The third-order valence-corrected chi connectivity index (χ3v) is 3.93. The summed E-state index contributed by atoms with van der Waals surface area (Å²) in [6.07, 6.45) is 3.56. The summed E-state index contributed by atoms with van der Waals surface area (Å²) in [4.78, 5) is 14.5. The van der Waals surface area contributed by atoms with Crippen LogP contribution in [0.25, 0.3) is 6.08 Å². The second-order valence-electron chi connectivity index (χ2n) is 4.17. The molecule has 0 bridgehead atoms. The number of carbonyl (C=O) groups is 1. The van der Waals surface area contributed by atoms with Crippen molar-refractivity contribution < 1.29 is 4.79 Å². The number of amides is 1. The van der Waals surface area contributed by atoms with E-state index in [1.165, 1.54) is 16.2 Å². The van der Waals surface area contributed by atoms with Gasteiger partial charge < -0.3 is 0 Å². The molecule has 1 aliphatic heterocycles. The van der Waals surface area contributed by atoms with E-state index in [-0.39, 0.29) is 5.91 Å². The molecule has 1 aromatic heterocycles. The quantitative estimate of drug-likeness (QED) is 0.793. The van der Waals surface area contributed by atoms with Crippen LogP contribution >= 0.6 is 11.3 Å². The van der Waals surface area contributed by atoms with Crippen molar-refractivity contribution in [2.75, 3.05) is 0 Å². The second kappa shape index (κ2) is 4.71. The predicted molar refractivity (Wildman–Crippen MR) is 74.3 cm³/mol. The van der Waals surface area contributed by atoms with Gasteiger partial charge in [0.05, 0.1) is 10.9 Å². The smallest absolute Gasteiger partial charge is 0.269 e. The summed E-state index contributed by atoms with van der Waals surface area (Å²) in [6, 6.07) is 12.9. The molecule has 1 aromatic carbocycles. The minimum Gasteiger partial charge on any atom is -0.294 e. The zero-order valence-electron chi connectivity index (χ0n) is 9.98. The minimum atomic E-state index is -0.559. The molecule has 3 rings (SSSR count). The maximum atomic E-state index is 12.4. The Morgan fingerprint density at radius 1 is 1.26 bits per heavy atom. The van der Waals surface area contributed by atoms with Gasteiger partial charge in [0.15, 0.2) is 0 Å². The van der Waals surface area contributed by atoms with Gasteiger partial charge in [-0.15, -0.1) is 11.3 Å². The molecule has 1 aliphatic rings. The summed E-state index contributed by atoms with van der Waals surface area (Å²) in [6.45, 7) is 0. The molecule has 1 amide bonds. The Morgan fingerprint density at radius 2 is 2.11 bits per heavy atom. The highest BCUT2D eigenvalue weighted by Gasteiger charge is 2.28. The summed E-state index contributed by atoms with van der Waals surface area (Å²) in [5.41, 5.74) is 1.86. The predicted octanol–water partition coefficient (Wildman–Crippen LogP) is 3.44. The number of nitrogens with zero attached hydrogens (tertiary/aromatic N) is 2. The largest absolute Gasteiger partial charge is 0.294 e. The molecule has 4 heteroatoms. The second-order valence-corrected chi connectivity index (χ2v) is 5.11. The van der Waals surface area contributed by atoms with Crippen LogP contribution in [0, 0.1) is 11.3 Å².